The maximum atomic E-state index is 12.6. The number of rotatable bonds is 6. The lowest BCUT2D eigenvalue weighted by Crippen LogP contribution is -2.46. The monoisotopic (exact) mass is 301 g/mol. The average molecular weight is 301 g/mol. The molecule has 1 aliphatic carbocycles. The maximum Gasteiger partial charge on any atom is 0.249 e. The molecule has 1 heterocycles. The van der Waals surface area contributed by atoms with Crippen LogP contribution in [-0.4, -0.2) is 49.4 Å². The standard InChI is InChI=1S/C17H23N3O2/c1-19(16(21)12-18-11-13-7-8-13)15-9-10-20(17(15)22)14-5-3-2-4-6-14/h2-6,13,15,18H,7-12H2,1H3. The fourth-order valence-electron chi connectivity index (χ4n) is 2.89. The molecule has 1 saturated carbocycles. The van der Waals surface area contributed by atoms with Gasteiger partial charge in [-0.1, -0.05) is 18.2 Å². The van der Waals surface area contributed by atoms with Gasteiger partial charge in [0.1, 0.15) is 6.04 Å². The van der Waals surface area contributed by atoms with Crippen LogP contribution in [0.25, 0.3) is 0 Å². The molecule has 5 heteroatoms. The lowest BCUT2D eigenvalue weighted by atomic mass is 10.2. The van der Waals surface area contributed by atoms with Crippen molar-refractivity contribution in [1.29, 1.82) is 0 Å². The number of anilines is 1. The Balaban J connectivity index is 1.55. The van der Waals surface area contributed by atoms with Gasteiger partial charge in [0, 0.05) is 19.3 Å². The lowest BCUT2D eigenvalue weighted by Gasteiger charge is -2.24. The third kappa shape index (κ3) is 3.30. The number of hydrogen-bond acceptors (Lipinski definition) is 3. The smallest absolute Gasteiger partial charge is 0.249 e. The van der Waals surface area contributed by atoms with E-state index < -0.39 is 0 Å². The van der Waals surface area contributed by atoms with Crippen LogP contribution in [0.3, 0.4) is 0 Å². The van der Waals surface area contributed by atoms with Crippen molar-refractivity contribution in [1.82, 2.24) is 10.2 Å². The van der Waals surface area contributed by atoms with Gasteiger partial charge in [-0.05, 0) is 43.9 Å². The Morgan fingerprint density at radius 1 is 1.27 bits per heavy atom. The van der Waals surface area contributed by atoms with E-state index in [1.807, 2.05) is 30.3 Å². The molecule has 1 atom stereocenters. The Hall–Kier alpha value is -1.88. The van der Waals surface area contributed by atoms with Crippen molar-refractivity contribution in [3.05, 3.63) is 30.3 Å². The van der Waals surface area contributed by atoms with Gasteiger partial charge < -0.3 is 15.1 Å². The van der Waals surface area contributed by atoms with E-state index in [1.165, 1.54) is 12.8 Å². The Morgan fingerprint density at radius 3 is 2.68 bits per heavy atom. The second kappa shape index (κ2) is 6.48. The summed E-state index contributed by atoms with van der Waals surface area (Å²) < 4.78 is 0. The van der Waals surface area contributed by atoms with Crippen LogP contribution in [0.4, 0.5) is 5.69 Å². The Morgan fingerprint density at radius 2 is 2.00 bits per heavy atom. The molecule has 5 nitrogen and oxygen atoms in total. The van der Waals surface area contributed by atoms with E-state index in [0.29, 0.717) is 19.5 Å². The molecule has 2 fully saturated rings. The number of carbonyl (C=O) groups excluding carboxylic acids is 2. The Bertz CT molecular complexity index is 542. The minimum absolute atomic E-state index is 0.00564. The molecule has 0 radical (unpaired) electrons. The van der Waals surface area contributed by atoms with Gasteiger partial charge in [-0.3, -0.25) is 9.59 Å². The number of nitrogens with one attached hydrogen (secondary N) is 1. The number of amides is 2. The third-order valence-electron chi connectivity index (χ3n) is 4.51. The molecule has 1 aliphatic heterocycles. The zero-order valence-corrected chi connectivity index (χ0v) is 13.0. The first-order valence-electron chi connectivity index (χ1n) is 7.99. The summed E-state index contributed by atoms with van der Waals surface area (Å²) in [6, 6.07) is 9.30. The topological polar surface area (TPSA) is 52.7 Å². The highest BCUT2D eigenvalue weighted by atomic mass is 16.2. The second-order valence-electron chi connectivity index (χ2n) is 6.21. The second-order valence-corrected chi connectivity index (χ2v) is 6.21. The van der Waals surface area contributed by atoms with E-state index in [9.17, 15) is 9.59 Å². The molecule has 1 aromatic carbocycles. The third-order valence-corrected chi connectivity index (χ3v) is 4.51. The van der Waals surface area contributed by atoms with E-state index in [4.69, 9.17) is 0 Å². The van der Waals surface area contributed by atoms with Crippen molar-refractivity contribution in [2.45, 2.75) is 25.3 Å². The molecule has 118 valence electrons. The summed E-state index contributed by atoms with van der Waals surface area (Å²) in [6.07, 6.45) is 3.23. The van der Waals surface area contributed by atoms with Crippen LogP contribution in [0.1, 0.15) is 19.3 Å². The maximum absolute atomic E-state index is 12.6. The fourth-order valence-corrected chi connectivity index (χ4v) is 2.89. The van der Waals surface area contributed by atoms with Gasteiger partial charge in [-0.25, -0.2) is 0 Å². The molecule has 1 aromatic rings. The van der Waals surface area contributed by atoms with Crippen LogP contribution in [-0.2, 0) is 9.59 Å². The van der Waals surface area contributed by atoms with Crippen LogP contribution in [0.5, 0.6) is 0 Å². The van der Waals surface area contributed by atoms with Crippen molar-refractivity contribution >= 4 is 17.5 Å². The number of nitrogens with zero attached hydrogens (tertiary/aromatic N) is 2. The van der Waals surface area contributed by atoms with E-state index in [-0.39, 0.29) is 17.9 Å². The van der Waals surface area contributed by atoms with E-state index in [1.54, 1.807) is 16.8 Å². The number of para-hydroxylation sites is 1. The molecule has 1 N–H and O–H groups in total. The first-order chi connectivity index (χ1) is 10.7. The average Bonchev–Trinajstić information content (AvgIpc) is 3.28. The van der Waals surface area contributed by atoms with Crippen molar-refractivity contribution in [2.24, 2.45) is 5.92 Å². The number of likely N-dealkylation sites (N-methyl/N-ethyl adjacent to an activating group) is 1. The molecule has 1 unspecified atom stereocenters. The summed E-state index contributed by atoms with van der Waals surface area (Å²) >= 11 is 0. The summed E-state index contributed by atoms with van der Waals surface area (Å²) in [5, 5.41) is 3.19. The molecule has 0 spiro atoms. The predicted molar refractivity (Wildman–Crippen MR) is 85.6 cm³/mol. The van der Waals surface area contributed by atoms with Gasteiger partial charge in [0.15, 0.2) is 0 Å². The summed E-state index contributed by atoms with van der Waals surface area (Å²) in [7, 11) is 1.73. The fraction of sp³-hybridized carbons (Fsp3) is 0.529. The summed E-state index contributed by atoms with van der Waals surface area (Å²) in [5.74, 6) is 0.762. The zero-order valence-electron chi connectivity index (χ0n) is 13.0. The normalized spacial score (nSPS) is 21.2. The minimum atomic E-state index is -0.338. The highest BCUT2D eigenvalue weighted by Gasteiger charge is 2.36. The predicted octanol–water partition coefficient (Wildman–Crippen LogP) is 1.25. The van der Waals surface area contributed by atoms with Crippen LogP contribution in [0, 0.1) is 5.92 Å². The van der Waals surface area contributed by atoms with Gasteiger partial charge in [-0.2, -0.15) is 0 Å². The number of carbonyl (C=O) groups is 2. The SMILES string of the molecule is CN(C(=O)CNCC1CC1)C1CCN(c2ccccc2)C1=O. The summed E-state index contributed by atoms with van der Waals surface area (Å²) in [6.45, 7) is 1.90. The molecule has 3 rings (SSSR count). The van der Waals surface area contributed by atoms with E-state index in [2.05, 4.69) is 5.32 Å². The molecule has 1 saturated heterocycles. The van der Waals surface area contributed by atoms with Crippen molar-refractivity contribution in [3.8, 4) is 0 Å². The molecular formula is C17H23N3O2. The zero-order chi connectivity index (χ0) is 15.5. The first-order valence-corrected chi connectivity index (χ1v) is 7.99. The van der Waals surface area contributed by atoms with E-state index >= 15 is 0 Å². The van der Waals surface area contributed by atoms with Crippen molar-refractivity contribution in [3.63, 3.8) is 0 Å². The van der Waals surface area contributed by atoms with Gasteiger partial charge >= 0.3 is 0 Å². The first kappa shape index (κ1) is 15.0. The largest absolute Gasteiger partial charge is 0.333 e. The molecule has 2 aliphatic rings. The van der Waals surface area contributed by atoms with Crippen LogP contribution >= 0.6 is 0 Å². The van der Waals surface area contributed by atoms with Crippen LogP contribution in [0.2, 0.25) is 0 Å². The minimum Gasteiger partial charge on any atom is -0.333 e. The van der Waals surface area contributed by atoms with Crippen molar-refractivity contribution in [2.75, 3.05) is 31.6 Å². The quantitative estimate of drug-likeness (QED) is 0.860. The van der Waals surface area contributed by atoms with Gasteiger partial charge in [0.05, 0.1) is 6.54 Å². The highest BCUT2D eigenvalue weighted by Crippen LogP contribution is 2.27. The molecule has 0 bridgehead atoms. The van der Waals surface area contributed by atoms with Gasteiger partial charge in [-0.15, -0.1) is 0 Å². The molecule has 2 amide bonds. The highest BCUT2D eigenvalue weighted by molar-refractivity contribution is 6.01. The molecule has 22 heavy (non-hydrogen) atoms. The van der Waals surface area contributed by atoms with Gasteiger partial charge in [0.25, 0.3) is 0 Å². The van der Waals surface area contributed by atoms with Gasteiger partial charge in [0.2, 0.25) is 11.8 Å². The molecular weight excluding hydrogens is 278 g/mol. The number of hydrogen-bond donors (Lipinski definition) is 1. The summed E-state index contributed by atoms with van der Waals surface area (Å²) in [5.41, 5.74) is 0.905. The van der Waals surface area contributed by atoms with Crippen LogP contribution < -0.4 is 10.2 Å². The molecule has 0 aromatic heterocycles. The van der Waals surface area contributed by atoms with Crippen molar-refractivity contribution < 1.29 is 9.59 Å². The Labute approximate surface area is 131 Å². The Kier molecular flexibility index (Phi) is 4.43. The lowest BCUT2D eigenvalue weighted by molar-refractivity contribution is -0.135. The van der Waals surface area contributed by atoms with E-state index in [0.717, 1.165) is 18.2 Å². The van der Waals surface area contributed by atoms with Crippen LogP contribution in [0.15, 0.2) is 30.3 Å². The number of benzene rings is 1. The summed E-state index contributed by atoms with van der Waals surface area (Å²) in [4.78, 5) is 28.1.